The number of amides is 1. The van der Waals surface area contributed by atoms with Crippen molar-refractivity contribution in [1.82, 2.24) is 10.3 Å². The highest BCUT2D eigenvalue weighted by Crippen LogP contribution is 2.12. The zero-order valence-corrected chi connectivity index (χ0v) is 12.8. The molecule has 0 radical (unpaired) electrons. The lowest BCUT2D eigenvalue weighted by Crippen LogP contribution is -2.37. The standard InChI is InChI=1S/C15H25N3O2/c1-5-12-8-11(9-14(17-12)16-7-3)15(19)18-13(6-2)10-20-4/h8-9,13H,5-7,10H2,1-4H3,(H,16,17)(H,18,19). The smallest absolute Gasteiger partial charge is 0.251 e. The summed E-state index contributed by atoms with van der Waals surface area (Å²) in [5, 5.41) is 6.14. The lowest BCUT2D eigenvalue weighted by molar-refractivity contribution is 0.0894. The Morgan fingerprint density at radius 3 is 2.65 bits per heavy atom. The van der Waals surface area contributed by atoms with Crippen LogP contribution in [0, 0.1) is 0 Å². The van der Waals surface area contributed by atoms with Crippen molar-refractivity contribution < 1.29 is 9.53 Å². The number of aromatic nitrogens is 1. The average Bonchev–Trinajstić information content (AvgIpc) is 2.46. The summed E-state index contributed by atoms with van der Waals surface area (Å²) in [5.74, 6) is 0.668. The summed E-state index contributed by atoms with van der Waals surface area (Å²) in [6.07, 6.45) is 1.64. The summed E-state index contributed by atoms with van der Waals surface area (Å²) in [6.45, 7) is 7.36. The third-order valence-corrected chi connectivity index (χ3v) is 3.06. The first-order chi connectivity index (χ1) is 9.64. The minimum atomic E-state index is -0.0786. The molecule has 0 bridgehead atoms. The Bertz CT molecular complexity index is 435. The predicted molar refractivity (Wildman–Crippen MR) is 81.2 cm³/mol. The van der Waals surface area contributed by atoms with E-state index in [2.05, 4.69) is 15.6 Å². The van der Waals surface area contributed by atoms with Crippen molar-refractivity contribution in [1.29, 1.82) is 0 Å². The summed E-state index contributed by atoms with van der Waals surface area (Å²) >= 11 is 0. The Morgan fingerprint density at radius 1 is 1.35 bits per heavy atom. The first-order valence-corrected chi connectivity index (χ1v) is 7.19. The highest BCUT2D eigenvalue weighted by atomic mass is 16.5. The molecule has 5 nitrogen and oxygen atoms in total. The van der Waals surface area contributed by atoms with Gasteiger partial charge in [-0.15, -0.1) is 0 Å². The molecule has 0 fully saturated rings. The second-order valence-electron chi connectivity index (χ2n) is 4.65. The number of ether oxygens (including phenoxy) is 1. The number of methoxy groups -OCH3 is 1. The Labute approximate surface area is 121 Å². The first kappa shape index (κ1) is 16.4. The lowest BCUT2D eigenvalue weighted by Gasteiger charge is -2.16. The molecule has 0 aliphatic heterocycles. The molecular weight excluding hydrogens is 254 g/mol. The normalized spacial score (nSPS) is 12.0. The van der Waals surface area contributed by atoms with E-state index in [-0.39, 0.29) is 11.9 Å². The van der Waals surface area contributed by atoms with Crippen molar-refractivity contribution in [3.8, 4) is 0 Å². The lowest BCUT2D eigenvalue weighted by atomic mass is 10.1. The molecule has 1 aromatic rings. The number of aryl methyl sites for hydroxylation is 1. The van der Waals surface area contributed by atoms with E-state index in [1.54, 1.807) is 13.2 Å². The maximum absolute atomic E-state index is 12.3. The molecule has 1 atom stereocenters. The number of pyridine rings is 1. The molecule has 5 heteroatoms. The van der Waals surface area contributed by atoms with Gasteiger partial charge < -0.3 is 15.4 Å². The van der Waals surface area contributed by atoms with Gasteiger partial charge in [0.2, 0.25) is 0 Å². The van der Waals surface area contributed by atoms with Gasteiger partial charge in [-0.2, -0.15) is 0 Å². The van der Waals surface area contributed by atoms with Crippen LogP contribution in [0.3, 0.4) is 0 Å². The number of hydrogen-bond donors (Lipinski definition) is 2. The van der Waals surface area contributed by atoms with Gasteiger partial charge in [-0.05, 0) is 31.9 Å². The second kappa shape index (κ2) is 8.53. The Kier molecular flexibility index (Phi) is 7.01. The van der Waals surface area contributed by atoms with Crippen LogP contribution in [-0.2, 0) is 11.2 Å². The minimum absolute atomic E-state index is 0.0355. The topological polar surface area (TPSA) is 63.2 Å². The summed E-state index contributed by atoms with van der Waals surface area (Å²) in [5.41, 5.74) is 1.55. The van der Waals surface area contributed by atoms with Crippen LogP contribution in [0.15, 0.2) is 12.1 Å². The van der Waals surface area contributed by atoms with Gasteiger partial charge in [0.25, 0.3) is 5.91 Å². The van der Waals surface area contributed by atoms with Crippen LogP contribution in [0.4, 0.5) is 5.82 Å². The van der Waals surface area contributed by atoms with Gasteiger partial charge in [-0.25, -0.2) is 4.98 Å². The molecule has 0 saturated carbocycles. The van der Waals surface area contributed by atoms with Crippen LogP contribution in [0.2, 0.25) is 0 Å². The molecule has 112 valence electrons. The molecule has 20 heavy (non-hydrogen) atoms. The number of carbonyl (C=O) groups is 1. The molecule has 1 amide bonds. The van der Waals surface area contributed by atoms with Crippen LogP contribution in [0.1, 0.15) is 43.2 Å². The Balaban J connectivity index is 2.87. The average molecular weight is 279 g/mol. The van der Waals surface area contributed by atoms with E-state index in [9.17, 15) is 4.79 Å². The van der Waals surface area contributed by atoms with Crippen molar-refractivity contribution in [3.63, 3.8) is 0 Å². The van der Waals surface area contributed by atoms with E-state index in [4.69, 9.17) is 4.74 Å². The van der Waals surface area contributed by atoms with E-state index in [0.717, 1.165) is 30.9 Å². The fourth-order valence-corrected chi connectivity index (χ4v) is 1.90. The number of hydrogen-bond acceptors (Lipinski definition) is 4. The summed E-state index contributed by atoms with van der Waals surface area (Å²) in [4.78, 5) is 16.7. The van der Waals surface area contributed by atoms with Crippen molar-refractivity contribution in [2.75, 3.05) is 25.6 Å². The van der Waals surface area contributed by atoms with Crippen molar-refractivity contribution >= 4 is 11.7 Å². The van der Waals surface area contributed by atoms with Crippen LogP contribution >= 0.6 is 0 Å². The number of rotatable bonds is 8. The molecule has 0 aromatic carbocycles. The highest BCUT2D eigenvalue weighted by Gasteiger charge is 2.13. The van der Waals surface area contributed by atoms with Gasteiger partial charge in [0.15, 0.2) is 0 Å². The molecule has 0 aliphatic rings. The quantitative estimate of drug-likeness (QED) is 0.766. The van der Waals surface area contributed by atoms with E-state index in [1.165, 1.54) is 0 Å². The molecule has 0 saturated heterocycles. The van der Waals surface area contributed by atoms with Crippen LogP contribution in [0.25, 0.3) is 0 Å². The van der Waals surface area contributed by atoms with Crippen molar-refractivity contribution in [3.05, 3.63) is 23.4 Å². The number of carbonyl (C=O) groups excluding carboxylic acids is 1. The van der Waals surface area contributed by atoms with Crippen LogP contribution in [-0.4, -0.2) is 37.2 Å². The molecule has 1 unspecified atom stereocenters. The fraction of sp³-hybridized carbons (Fsp3) is 0.600. The summed E-state index contributed by atoms with van der Waals surface area (Å²) < 4.78 is 5.10. The zero-order chi connectivity index (χ0) is 15.0. The van der Waals surface area contributed by atoms with Gasteiger partial charge in [0.05, 0.1) is 12.6 Å². The number of nitrogens with zero attached hydrogens (tertiary/aromatic N) is 1. The summed E-state index contributed by atoms with van der Waals surface area (Å²) in [6, 6.07) is 3.67. The zero-order valence-electron chi connectivity index (χ0n) is 12.8. The summed E-state index contributed by atoms with van der Waals surface area (Å²) in [7, 11) is 1.64. The molecule has 0 spiro atoms. The maximum atomic E-state index is 12.3. The van der Waals surface area contributed by atoms with Gasteiger partial charge in [0.1, 0.15) is 5.82 Å². The highest BCUT2D eigenvalue weighted by molar-refractivity contribution is 5.95. The van der Waals surface area contributed by atoms with Gasteiger partial charge in [0, 0.05) is 24.9 Å². The molecular formula is C15H25N3O2. The van der Waals surface area contributed by atoms with Gasteiger partial charge in [-0.1, -0.05) is 13.8 Å². The molecule has 1 rings (SSSR count). The minimum Gasteiger partial charge on any atom is -0.383 e. The van der Waals surface area contributed by atoms with E-state index in [0.29, 0.717) is 12.2 Å². The largest absolute Gasteiger partial charge is 0.383 e. The van der Waals surface area contributed by atoms with Crippen molar-refractivity contribution in [2.24, 2.45) is 0 Å². The molecule has 0 aliphatic carbocycles. The van der Waals surface area contributed by atoms with Gasteiger partial charge >= 0.3 is 0 Å². The Hall–Kier alpha value is -1.62. The molecule has 1 aromatic heterocycles. The van der Waals surface area contributed by atoms with Crippen LogP contribution in [0.5, 0.6) is 0 Å². The van der Waals surface area contributed by atoms with Crippen LogP contribution < -0.4 is 10.6 Å². The van der Waals surface area contributed by atoms with Crippen molar-refractivity contribution in [2.45, 2.75) is 39.7 Å². The molecule has 1 heterocycles. The molecule has 2 N–H and O–H groups in total. The first-order valence-electron chi connectivity index (χ1n) is 7.19. The maximum Gasteiger partial charge on any atom is 0.251 e. The van der Waals surface area contributed by atoms with E-state index < -0.39 is 0 Å². The second-order valence-corrected chi connectivity index (χ2v) is 4.65. The van der Waals surface area contributed by atoms with E-state index >= 15 is 0 Å². The Morgan fingerprint density at radius 2 is 2.10 bits per heavy atom. The third kappa shape index (κ3) is 4.81. The SMILES string of the molecule is CCNc1cc(C(=O)NC(CC)COC)cc(CC)n1. The number of anilines is 1. The predicted octanol–water partition coefficient (Wildman–Crippen LogP) is 2.23. The fourth-order valence-electron chi connectivity index (χ4n) is 1.90. The third-order valence-electron chi connectivity index (χ3n) is 3.06. The monoisotopic (exact) mass is 279 g/mol. The van der Waals surface area contributed by atoms with E-state index in [1.807, 2.05) is 26.8 Å². The number of nitrogens with one attached hydrogen (secondary N) is 2. The van der Waals surface area contributed by atoms with Gasteiger partial charge in [-0.3, -0.25) is 4.79 Å².